The molecule has 2 aromatic rings. The molecule has 22 heavy (non-hydrogen) atoms. The van der Waals surface area contributed by atoms with Gasteiger partial charge in [-0.05, 0) is 49.1 Å². The lowest BCUT2D eigenvalue weighted by molar-refractivity contribution is -0.117. The number of carbonyl (C=O) groups excluding carboxylic acids is 1. The Hall–Kier alpha value is -2.07. The molecule has 0 spiro atoms. The molecule has 4 nitrogen and oxygen atoms in total. The third kappa shape index (κ3) is 3.98. The van der Waals surface area contributed by atoms with Crippen LogP contribution in [0.5, 0.6) is 0 Å². The Morgan fingerprint density at radius 2 is 2.18 bits per heavy atom. The van der Waals surface area contributed by atoms with Crippen LogP contribution in [0.3, 0.4) is 0 Å². The number of anilines is 1. The van der Waals surface area contributed by atoms with Crippen LogP contribution in [0.2, 0.25) is 0 Å². The predicted octanol–water partition coefficient (Wildman–Crippen LogP) is 3.45. The van der Waals surface area contributed by atoms with Crippen LogP contribution in [0.1, 0.15) is 31.1 Å². The third-order valence-corrected chi connectivity index (χ3v) is 3.97. The third-order valence-electron chi connectivity index (χ3n) is 3.97. The van der Waals surface area contributed by atoms with Gasteiger partial charge in [0.2, 0.25) is 5.91 Å². The highest BCUT2D eigenvalue weighted by Gasteiger charge is 2.30. The SMILES string of the molecule is CCc1cccc(NC(=O)CN(Cc2ccco2)C2CC2)c1. The minimum absolute atomic E-state index is 0.0340. The van der Waals surface area contributed by atoms with Gasteiger partial charge in [-0.25, -0.2) is 0 Å². The Labute approximate surface area is 131 Å². The van der Waals surface area contributed by atoms with Crippen molar-refractivity contribution >= 4 is 11.6 Å². The predicted molar refractivity (Wildman–Crippen MR) is 86.6 cm³/mol. The number of rotatable bonds is 7. The van der Waals surface area contributed by atoms with E-state index in [9.17, 15) is 4.79 Å². The van der Waals surface area contributed by atoms with E-state index in [0.717, 1.165) is 17.9 Å². The molecule has 0 unspecified atom stereocenters. The Kier molecular flexibility index (Phi) is 4.59. The minimum atomic E-state index is 0.0340. The normalized spacial score (nSPS) is 14.3. The molecule has 1 aromatic carbocycles. The number of nitrogens with zero attached hydrogens (tertiary/aromatic N) is 1. The molecular formula is C18H22N2O2. The van der Waals surface area contributed by atoms with Gasteiger partial charge in [0.15, 0.2) is 0 Å². The number of carbonyl (C=O) groups is 1. The maximum Gasteiger partial charge on any atom is 0.238 e. The molecule has 0 bridgehead atoms. The van der Waals surface area contributed by atoms with Gasteiger partial charge in [0, 0.05) is 11.7 Å². The molecule has 1 amide bonds. The van der Waals surface area contributed by atoms with Crippen molar-refractivity contribution in [3.8, 4) is 0 Å². The van der Waals surface area contributed by atoms with Gasteiger partial charge in [-0.15, -0.1) is 0 Å². The van der Waals surface area contributed by atoms with E-state index in [-0.39, 0.29) is 5.91 Å². The van der Waals surface area contributed by atoms with Crippen LogP contribution < -0.4 is 5.32 Å². The number of nitrogens with one attached hydrogen (secondary N) is 1. The van der Waals surface area contributed by atoms with E-state index in [1.807, 2.05) is 30.3 Å². The van der Waals surface area contributed by atoms with E-state index >= 15 is 0 Å². The molecule has 0 aliphatic heterocycles. The highest BCUT2D eigenvalue weighted by atomic mass is 16.3. The second kappa shape index (κ2) is 6.79. The molecule has 1 aliphatic rings. The first-order valence-electron chi connectivity index (χ1n) is 7.90. The van der Waals surface area contributed by atoms with Crippen molar-refractivity contribution in [2.24, 2.45) is 0 Å². The van der Waals surface area contributed by atoms with E-state index in [0.29, 0.717) is 19.1 Å². The summed E-state index contributed by atoms with van der Waals surface area (Å²) in [6.07, 6.45) is 4.98. The van der Waals surface area contributed by atoms with Gasteiger partial charge in [-0.3, -0.25) is 9.69 Å². The first-order chi connectivity index (χ1) is 10.7. The average molecular weight is 298 g/mol. The largest absolute Gasteiger partial charge is 0.468 e. The van der Waals surface area contributed by atoms with Gasteiger partial charge in [-0.1, -0.05) is 19.1 Å². The van der Waals surface area contributed by atoms with Crippen LogP contribution in [0.4, 0.5) is 5.69 Å². The van der Waals surface area contributed by atoms with Crippen molar-refractivity contribution in [3.63, 3.8) is 0 Å². The Morgan fingerprint density at radius 3 is 2.86 bits per heavy atom. The number of hydrogen-bond acceptors (Lipinski definition) is 3. The van der Waals surface area contributed by atoms with Gasteiger partial charge < -0.3 is 9.73 Å². The summed E-state index contributed by atoms with van der Waals surface area (Å²) in [5.41, 5.74) is 2.10. The Morgan fingerprint density at radius 1 is 1.32 bits per heavy atom. The summed E-state index contributed by atoms with van der Waals surface area (Å²) < 4.78 is 5.40. The second-order valence-electron chi connectivity index (χ2n) is 5.82. The van der Waals surface area contributed by atoms with Crippen LogP contribution in [-0.2, 0) is 17.8 Å². The number of hydrogen-bond donors (Lipinski definition) is 1. The summed E-state index contributed by atoms with van der Waals surface area (Å²) in [5.74, 6) is 0.944. The van der Waals surface area contributed by atoms with E-state index in [4.69, 9.17) is 4.42 Å². The fraction of sp³-hybridized carbons (Fsp3) is 0.389. The van der Waals surface area contributed by atoms with Crippen LogP contribution in [0.25, 0.3) is 0 Å². The second-order valence-corrected chi connectivity index (χ2v) is 5.82. The number of benzene rings is 1. The van der Waals surface area contributed by atoms with Crippen LogP contribution >= 0.6 is 0 Å². The molecule has 1 aromatic heterocycles. The van der Waals surface area contributed by atoms with Gasteiger partial charge >= 0.3 is 0 Å². The summed E-state index contributed by atoms with van der Waals surface area (Å²) in [6.45, 7) is 3.21. The molecule has 1 aliphatic carbocycles. The molecule has 4 heteroatoms. The van der Waals surface area contributed by atoms with Crippen molar-refractivity contribution in [2.75, 3.05) is 11.9 Å². The van der Waals surface area contributed by atoms with Crippen molar-refractivity contribution in [1.29, 1.82) is 0 Å². The van der Waals surface area contributed by atoms with Crippen LogP contribution in [0.15, 0.2) is 47.1 Å². The molecule has 1 fully saturated rings. The molecule has 0 saturated heterocycles. The van der Waals surface area contributed by atoms with E-state index in [1.165, 1.54) is 18.4 Å². The van der Waals surface area contributed by atoms with Crippen LogP contribution in [0, 0.1) is 0 Å². The average Bonchev–Trinajstić information content (AvgIpc) is 3.25. The fourth-order valence-electron chi connectivity index (χ4n) is 2.61. The Bertz CT molecular complexity index is 618. The summed E-state index contributed by atoms with van der Waals surface area (Å²) in [6, 6.07) is 12.4. The minimum Gasteiger partial charge on any atom is -0.468 e. The first-order valence-corrected chi connectivity index (χ1v) is 7.90. The fourth-order valence-corrected chi connectivity index (χ4v) is 2.61. The quantitative estimate of drug-likeness (QED) is 0.851. The Balaban J connectivity index is 1.58. The molecular weight excluding hydrogens is 276 g/mol. The smallest absolute Gasteiger partial charge is 0.238 e. The number of amides is 1. The van der Waals surface area contributed by atoms with Crippen molar-refractivity contribution in [1.82, 2.24) is 4.90 Å². The maximum atomic E-state index is 12.3. The van der Waals surface area contributed by atoms with Gasteiger partial charge in [0.25, 0.3) is 0 Å². The molecule has 0 atom stereocenters. The monoisotopic (exact) mass is 298 g/mol. The van der Waals surface area contributed by atoms with Crippen molar-refractivity contribution in [2.45, 2.75) is 38.8 Å². The molecule has 116 valence electrons. The first kappa shape index (κ1) is 14.9. The highest BCUT2D eigenvalue weighted by molar-refractivity contribution is 5.92. The standard InChI is InChI=1S/C18H22N2O2/c1-2-14-5-3-6-15(11-14)19-18(21)13-20(16-8-9-16)12-17-7-4-10-22-17/h3-7,10-11,16H,2,8-9,12-13H2,1H3,(H,19,21). The summed E-state index contributed by atoms with van der Waals surface area (Å²) >= 11 is 0. The topological polar surface area (TPSA) is 45.5 Å². The van der Waals surface area contributed by atoms with E-state index < -0.39 is 0 Å². The zero-order valence-electron chi connectivity index (χ0n) is 12.9. The van der Waals surface area contributed by atoms with Crippen molar-refractivity contribution < 1.29 is 9.21 Å². The maximum absolute atomic E-state index is 12.3. The lowest BCUT2D eigenvalue weighted by atomic mass is 10.1. The molecule has 3 rings (SSSR count). The van der Waals surface area contributed by atoms with Crippen LogP contribution in [-0.4, -0.2) is 23.4 Å². The van der Waals surface area contributed by atoms with Gasteiger partial charge in [-0.2, -0.15) is 0 Å². The highest BCUT2D eigenvalue weighted by Crippen LogP contribution is 2.28. The lowest BCUT2D eigenvalue weighted by Crippen LogP contribution is -2.34. The van der Waals surface area contributed by atoms with E-state index in [2.05, 4.69) is 23.2 Å². The molecule has 0 radical (unpaired) electrons. The van der Waals surface area contributed by atoms with Gasteiger partial charge in [0.1, 0.15) is 5.76 Å². The summed E-state index contributed by atoms with van der Waals surface area (Å²) in [7, 11) is 0. The summed E-state index contributed by atoms with van der Waals surface area (Å²) in [5, 5.41) is 3.00. The molecule has 1 saturated carbocycles. The lowest BCUT2D eigenvalue weighted by Gasteiger charge is -2.20. The van der Waals surface area contributed by atoms with E-state index in [1.54, 1.807) is 6.26 Å². The summed E-state index contributed by atoms with van der Waals surface area (Å²) in [4.78, 5) is 14.5. The van der Waals surface area contributed by atoms with Crippen molar-refractivity contribution in [3.05, 3.63) is 54.0 Å². The number of furan rings is 1. The molecule has 1 heterocycles. The zero-order valence-corrected chi connectivity index (χ0v) is 12.9. The van der Waals surface area contributed by atoms with Gasteiger partial charge in [0.05, 0.1) is 19.4 Å². The molecule has 1 N–H and O–H groups in total. The zero-order chi connectivity index (χ0) is 15.4. The number of aryl methyl sites for hydroxylation is 1.